The van der Waals surface area contributed by atoms with E-state index in [1.54, 1.807) is 12.1 Å². The fourth-order valence-electron chi connectivity index (χ4n) is 5.16. The molecule has 0 radical (unpaired) electrons. The topological polar surface area (TPSA) is 114 Å². The molecule has 0 aromatic heterocycles. The number of alkyl halides is 3. The highest BCUT2D eigenvalue weighted by molar-refractivity contribution is 5.97. The van der Waals surface area contributed by atoms with Crippen LogP contribution in [0.5, 0.6) is 5.75 Å². The van der Waals surface area contributed by atoms with Crippen LogP contribution in [0.2, 0.25) is 0 Å². The molecular formula is C30H35F4N3O5. The number of ketones is 1. The second-order valence-corrected chi connectivity index (χ2v) is 10.8. The number of hydrogen-bond donors (Lipinski definition) is 3. The van der Waals surface area contributed by atoms with Crippen molar-refractivity contribution in [3.05, 3.63) is 65.5 Å². The molecule has 1 saturated carbocycles. The minimum Gasteiger partial charge on any atom is -0.497 e. The maximum absolute atomic E-state index is 14.7. The van der Waals surface area contributed by atoms with Crippen LogP contribution in [0.3, 0.4) is 0 Å². The van der Waals surface area contributed by atoms with Crippen LogP contribution in [0, 0.1) is 11.7 Å². The quantitative estimate of drug-likeness (QED) is 0.337. The molecule has 228 valence electrons. The van der Waals surface area contributed by atoms with Crippen molar-refractivity contribution in [1.82, 2.24) is 16.0 Å². The number of halogens is 4. The van der Waals surface area contributed by atoms with Gasteiger partial charge in [0.05, 0.1) is 18.6 Å². The van der Waals surface area contributed by atoms with E-state index >= 15 is 0 Å². The highest BCUT2D eigenvalue weighted by Crippen LogP contribution is 2.42. The summed E-state index contributed by atoms with van der Waals surface area (Å²) in [5.41, 5.74) is -0.743. The van der Waals surface area contributed by atoms with Gasteiger partial charge < -0.3 is 20.7 Å². The van der Waals surface area contributed by atoms with Crippen molar-refractivity contribution >= 4 is 23.5 Å². The zero-order chi connectivity index (χ0) is 31.2. The number of Topliss-reactive ketones (excluding diaryl/α,β-unsaturated/α-hetero) is 1. The molecule has 3 atom stereocenters. The number of ether oxygens (including phenoxy) is 1. The Kier molecular flexibility index (Phi) is 10.3. The van der Waals surface area contributed by atoms with E-state index in [-0.39, 0.29) is 11.1 Å². The fourth-order valence-corrected chi connectivity index (χ4v) is 5.16. The first-order valence-electron chi connectivity index (χ1n) is 13.6. The molecule has 1 unspecified atom stereocenters. The van der Waals surface area contributed by atoms with Crippen molar-refractivity contribution in [3.63, 3.8) is 0 Å². The Morgan fingerprint density at radius 1 is 0.857 bits per heavy atom. The number of nitrogens with one attached hydrogen (secondary N) is 3. The van der Waals surface area contributed by atoms with Crippen molar-refractivity contribution in [2.45, 2.75) is 76.2 Å². The average molecular weight is 594 g/mol. The summed E-state index contributed by atoms with van der Waals surface area (Å²) < 4.78 is 59.5. The summed E-state index contributed by atoms with van der Waals surface area (Å²) in [7, 11) is 1.42. The Bertz CT molecular complexity index is 1290. The summed E-state index contributed by atoms with van der Waals surface area (Å²) in [4.78, 5) is 52.1. The second-order valence-electron chi connectivity index (χ2n) is 10.8. The molecule has 1 aliphatic rings. The molecule has 8 nitrogen and oxygen atoms in total. The molecule has 0 heterocycles. The van der Waals surface area contributed by atoms with Gasteiger partial charge in [-0.1, -0.05) is 57.0 Å². The lowest BCUT2D eigenvalue weighted by molar-refractivity contribution is -0.175. The van der Waals surface area contributed by atoms with Crippen LogP contribution in [0.1, 0.15) is 63.6 Å². The first kappa shape index (κ1) is 32.6. The van der Waals surface area contributed by atoms with Gasteiger partial charge in [-0.3, -0.25) is 19.2 Å². The summed E-state index contributed by atoms with van der Waals surface area (Å²) in [5.74, 6) is -5.56. The zero-order valence-electron chi connectivity index (χ0n) is 23.8. The maximum Gasteiger partial charge on any atom is 0.452 e. The largest absolute Gasteiger partial charge is 0.497 e. The van der Waals surface area contributed by atoms with Crippen molar-refractivity contribution in [2.75, 3.05) is 7.11 Å². The van der Waals surface area contributed by atoms with E-state index < -0.39 is 65.0 Å². The minimum absolute atomic E-state index is 0.195. The Balaban J connectivity index is 1.84. The van der Waals surface area contributed by atoms with Crippen LogP contribution < -0.4 is 20.7 Å². The number of methoxy groups -OCH3 is 1. The van der Waals surface area contributed by atoms with Gasteiger partial charge in [0, 0.05) is 5.56 Å². The number of amides is 3. The molecule has 0 bridgehead atoms. The molecule has 2 aromatic rings. The molecule has 42 heavy (non-hydrogen) atoms. The molecule has 0 spiro atoms. The molecule has 12 heteroatoms. The van der Waals surface area contributed by atoms with E-state index in [4.69, 9.17) is 4.74 Å². The van der Waals surface area contributed by atoms with Gasteiger partial charge in [0.15, 0.2) is 0 Å². The lowest BCUT2D eigenvalue weighted by atomic mass is 9.77. The van der Waals surface area contributed by atoms with Gasteiger partial charge in [0.2, 0.25) is 17.7 Å². The molecule has 1 aliphatic carbocycles. The first-order valence-corrected chi connectivity index (χ1v) is 13.6. The molecule has 0 aliphatic heterocycles. The minimum atomic E-state index is -5.19. The van der Waals surface area contributed by atoms with E-state index in [1.165, 1.54) is 64.3 Å². The van der Waals surface area contributed by atoms with E-state index in [0.717, 1.165) is 0 Å². The normalized spacial score (nSPS) is 16.7. The maximum atomic E-state index is 14.7. The molecule has 0 saturated heterocycles. The van der Waals surface area contributed by atoms with E-state index in [0.29, 0.717) is 31.4 Å². The molecule has 3 N–H and O–H groups in total. The number of carbonyl (C=O) groups excluding carboxylic acids is 4. The summed E-state index contributed by atoms with van der Waals surface area (Å²) in [6, 6.07) is 7.22. The van der Waals surface area contributed by atoms with Crippen LogP contribution >= 0.6 is 0 Å². The summed E-state index contributed by atoms with van der Waals surface area (Å²) >= 11 is 0. The average Bonchev–Trinajstić information content (AvgIpc) is 3.44. The Labute approximate surface area is 241 Å². The van der Waals surface area contributed by atoms with Gasteiger partial charge in [-0.05, 0) is 49.4 Å². The van der Waals surface area contributed by atoms with E-state index in [1.807, 2.05) is 0 Å². The van der Waals surface area contributed by atoms with Crippen molar-refractivity contribution < 1.29 is 41.5 Å². The molecule has 3 amide bonds. The van der Waals surface area contributed by atoms with Gasteiger partial charge in [-0.15, -0.1) is 0 Å². The number of benzene rings is 2. The predicted molar refractivity (Wildman–Crippen MR) is 146 cm³/mol. The summed E-state index contributed by atoms with van der Waals surface area (Å²) in [6.07, 6.45) is -3.04. The van der Waals surface area contributed by atoms with Crippen LogP contribution in [0.4, 0.5) is 17.6 Å². The zero-order valence-corrected chi connectivity index (χ0v) is 23.8. The molecular weight excluding hydrogens is 558 g/mol. The molecule has 1 fully saturated rings. The van der Waals surface area contributed by atoms with Crippen LogP contribution in [-0.4, -0.2) is 48.9 Å². The van der Waals surface area contributed by atoms with Gasteiger partial charge >= 0.3 is 6.18 Å². The van der Waals surface area contributed by atoms with Crippen LogP contribution in [-0.2, 0) is 24.6 Å². The number of hydrogen-bond acceptors (Lipinski definition) is 5. The monoisotopic (exact) mass is 593 g/mol. The highest BCUT2D eigenvalue weighted by Gasteiger charge is 2.47. The van der Waals surface area contributed by atoms with Crippen molar-refractivity contribution in [3.8, 4) is 5.75 Å². The van der Waals surface area contributed by atoms with E-state index in [2.05, 4.69) is 16.0 Å². The van der Waals surface area contributed by atoms with Crippen molar-refractivity contribution in [2.24, 2.45) is 5.92 Å². The third-order valence-corrected chi connectivity index (χ3v) is 7.55. The standard InChI is InChI=1S/C30H35F4N3O5/c1-17(2)23(25(38)30(32,33)34)36-27(40)24(19-11-13-20(42-4)14-12-19)37-26(39)18(3)35-28(41)29(15-7-8-16-29)21-9-5-6-10-22(21)31/h5-6,9-14,17-18,23-24H,7-8,15-16H2,1-4H3,(H,35,41)(H,36,40)(H,37,39)/t18-,23?,24-/m0/s1. The predicted octanol–water partition coefficient (Wildman–Crippen LogP) is 4.28. The SMILES string of the molecule is COc1ccc([C@H](NC(=O)[C@H](C)NC(=O)C2(c3ccccc3F)CCCC2)C(=O)NC(C(=O)C(F)(F)F)C(C)C)cc1. The molecule has 3 rings (SSSR count). The van der Waals surface area contributed by atoms with Crippen LogP contribution in [0.15, 0.2) is 48.5 Å². The lowest BCUT2D eigenvalue weighted by Gasteiger charge is -2.31. The Hall–Kier alpha value is -3.96. The number of rotatable bonds is 11. The van der Waals surface area contributed by atoms with Crippen LogP contribution in [0.25, 0.3) is 0 Å². The lowest BCUT2D eigenvalue weighted by Crippen LogP contribution is -2.55. The van der Waals surface area contributed by atoms with Gasteiger partial charge in [-0.25, -0.2) is 4.39 Å². The summed E-state index contributed by atoms with van der Waals surface area (Å²) in [6.45, 7) is 4.08. The van der Waals surface area contributed by atoms with Gasteiger partial charge in [-0.2, -0.15) is 13.2 Å². The Morgan fingerprint density at radius 3 is 1.98 bits per heavy atom. The van der Waals surface area contributed by atoms with Gasteiger partial charge in [0.1, 0.15) is 23.7 Å². The second kappa shape index (κ2) is 13.3. The smallest absolute Gasteiger partial charge is 0.452 e. The van der Waals surface area contributed by atoms with Crippen molar-refractivity contribution in [1.29, 1.82) is 0 Å². The van der Waals surface area contributed by atoms with E-state index in [9.17, 15) is 36.7 Å². The third kappa shape index (κ3) is 7.27. The molecule has 2 aromatic carbocycles. The first-order chi connectivity index (χ1) is 19.7. The Morgan fingerprint density at radius 2 is 1.45 bits per heavy atom. The third-order valence-electron chi connectivity index (χ3n) is 7.55. The number of carbonyl (C=O) groups is 4. The highest BCUT2D eigenvalue weighted by atomic mass is 19.4. The van der Waals surface area contributed by atoms with Gasteiger partial charge in [0.25, 0.3) is 5.78 Å². The fraction of sp³-hybridized carbons (Fsp3) is 0.467. The summed E-state index contributed by atoms with van der Waals surface area (Å²) in [5, 5.41) is 7.24.